The van der Waals surface area contributed by atoms with Crippen LogP contribution in [0.15, 0.2) is 18.3 Å². The zero-order valence-corrected chi connectivity index (χ0v) is 12.7. The Balaban J connectivity index is 2.29. The van der Waals surface area contributed by atoms with Gasteiger partial charge in [0.2, 0.25) is 0 Å². The maximum absolute atomic E-state index is 11.3. The summed E-state index contributed by atoms with van der Waals surface area (Å²) in [4.78, 5) is 4.56. The van der Waals surface area contributed by atoms with Crippen molar-refractivity contribution in [1.82, 2.24) is 4.98 Å². The number of rotatable bonds is 5. The molecule has 0 saturated carbocycles. The summed E-state index contributed by atoms with van der Waals surface area (Å²) in [6.45, 7) is 8.78. The Kier molecular flexibility index (Phi) is 4.29. The molecule has 0 aliphatic heterocycles. The van der Waals surface area contributed by atoms with Crippen LogP contribution >= 0.6 is 0 Å². The predicted molar refractivity (Wildman–Crippen MR) is 79.2 cm³/mol. The van der Waals surface area contributed by atoms with Crippen molar-refractivity contribution in [3.8, 4) is 0 Å². The van der Waals surface area contributed by atoms with Crippen LogP contribution in [0.2, 0.25) is 0 Å². The molecule has 1 aromatic rings. The van der Waals surface area contributed by atoms with Crippen LogP contribution in [-0.4, -0.2) is 15.7 Å². The fraction of sp³-hybridized carbons (Fsp3) is 0.706. The quantitative estimate of drug-likeness (QED) is 0.871. The van der Waals surface area contributed by atoms with Crippen molar-refractivity contribution in [1.29, 1.82) is 0 Å². The first kappa shape index (κ1) is 14.5. The molecule has 2 rings (SSSR count). The highest BCUT2D eigenvalue weighted by atomic mass is 16.3. The molecule has 19 heavy (non-hydrogen) atoms. The molecule has 1 aromatic heterocycles. The average Bonchev–Trinajstić information content (AvgIpc) is 2.70. The number of pyridine rings is 1. The summed E-state index contributed by atoms with van der Waals surface area (Å²) in [5.41, 5.74) is 1.88. The summed E-state index contributed by atoms with van der Waals surface area (Å²) in [5.74, 6) is 1.24. The molecule has 0 radical (unpaired) electrons. The monoisotopic (exact) mass is 261 g/mol. The maximum atomic E-state index is 11.3. The molecule has 0 bridgehead atoms. The molecule has 2 heteroatoms. The number of aryl methyl sites for hydroxylation is 1. The van der Waals surface area contributed by atoms with Crippen LogP contribution in [0.4, 0.5) is 0 Å². The molecule has 106 valence electrons. The normalized spacial score (nSPS) is 19.2. The highest BCUT2D eigenvalue weighted by molar-refractivity contribution is 5.31. The van der Waals surface area contributed by atoms with Crippen molar-refractivity contribution in [2.75, 3.05) is 0 Å². The molecule has 1 aliphatic carbocycles. The third-order valence-corrected chi connectivity index (χ3v) is 4.13. The van der Waals surface area contributed by atoms with Crippen LogP contribution < -0.4 is 0 Å². The zero-order valence-electron chi connectivity index (χ0n) is 12.7. The van der Waals surface area contributed by atoms with E-state index in [1.54, 1.807) is 0 Å². The summed E-state index contributed by atoms with van der Waals surface area (Å²) in [5, 5.41) is 11.3. The van der Waals surface area contributed by atoms with E-state index in [0.29, 0.717) is 11.8 Å². The van der Waals surface area contributed by atoms with Crippen molar-refractivity contribution in [2.45, 2.75) is 64.9 Å². The second-order valence-corrected chi connectivity index (χ2v) is 6.94. The van der Waals surface area contributed by atoms with E-state index in [4.69, 9.17) is 0 Å². The lowest BCUT2D eigenvalue weighted by atomic mass is 9.74. The fourth-order valence-corrected chi connectivity index (χ4v) is 3.72. The fourth-order valence-electron chi connectivity index (χ4n) is 3.72. The lowest BCUT2D eigenvalue weighted by Crippen LogP contribution is -2.38. The van der Waals surface area contributed by atoms with Gasteiger partial charge in [0, 0.05) is 17.8 Å². The Morgan fingerprint density at radius 3 is 2.47 bits per heavy atom. The van der Waals surface area contributed by atoms with Crippen LogP contribution in [0, 0.1) is 11.8 Å². The molecule has 1 atom stereocenters. The van der Waals surface area contributed by atoms with E-state index in [0.717, 1.165) is 31.4 Å². The minimum Gasteiger partial charge on any atom is -0.389 e. The second-order valence-electron chi connectivity index (χ2n) is 6.94. The van der Waals surface area contributed by atoms with E-state index in [-0.39, 0.29) is 5.92 Å². The molecular formula is C17H27NO. The van der Waals surface area contributed by atoms with Gasteiger partial charge in [-0.15, -0.1) is 0 Å². The van der Waals surface area contributed by atoms with Gasteiger partial charge in [-0.25, -0.2) is 0 Å². The van der Waals surface area contributed by atoms with Crippen molar-refractivity contribution in [2.24, 2.45) is 11.8 Å². The van der Waals surface area contributed by atoms with Crippen molar-refractivity contribution in [3.63, 3.8) is 0 Å². The summed E-state index contributed by atoms with van der Waals surface area (Å²) in [6, 6.07) is 4.17. The summed E-state index contributed by atoms with van der Waals surface area (Å²) < 4.78 is 0. The van der Waals surface area contributed by atoms with E-state index in [1.165, 1.54) is 5.56 Å². The Hall–Kier alpha value is -0.890. The van der Waals surface area contributed by atoms with E-state index < -0.39 is 5.60 Å². The maximum Gasteiger partial charge on any atom is 0.0736 e. The van der Waals surface area contributed by atoms with Crippen molar-refractivity contribution < 1.29 is 5.11 Å². The van der Waals surface area contributed by atoms with Gasteiger partial charge >= 0.3 is 0 Å². The topological polar surface area (TPSA) is 33.1 Å². The highest BCUT2D eigenvalue weighted by Gasteiger charge is 2.42. The van der Waals surface area contributed by atoms with Crippen LogP contribution in [0.3, 0.4) is 0 Å². The van der Waals surface area contributed by atoms with E-state index >= 15 is 0 Å². The van der Waals surface area contributed by atoms with Gasteiger partial charge in [-0.05, 0) is 49.1 Å². The Bertz CT molecular complexity index is 415. The van der Waals surface area contributed by atoms with Crippen LogP contribution in [0.5, 0.6) is 0 Å². The molecule has 1 aliphatic rings. The third-order valence-electron chi connectivity index (χ3n) is 4.13. The van der Waals surface area contributed by atoms with Gasteiger partial charge in [-0.3, -0.25) is 4.98 Å². The standard InChI is InChI=1S/C17H27NO/c1-12(2)10-17(19,11-13(3)4)15-8-7-14-6-5-9-18-16(14)15/h5-6,9,12-13,15,19H,7-8,10-11H2,1-4H3. The van der Waals surface area contributed by atoms with Crippen molar-refractivity contribution in [3.05, 3.63) is 29.6 Å². The average molecular weight is 261 g/mol. The molecule has 0 fully saturated rings. The first-order valence-corrected chi connectivity index (χ1v) is 7.58. The van der Waals surface area contributed by atoms with Gasteiger partial charge in [0.05, 0.1) is 5.60 Å². The van der Waals surface area contributed by atoms with Crippen LogP contribution in [-0.2, 0) is 6.42 Å². The minimum absolute atomic E-state index is 0.216. The van der Waals surface area contributed by atoms with E-state index in [1.807, 2.05) is 12.3 Å². The predicted octanol–water partition coefficient (Wildman–Crippen LogP) is 3.93. The van der Waals surface area contributed by atoms with Gasteiger partial charge < -0.3 is 5.11 Å². The number of hydrogen-bond acceptors (Lipinski definition) is 2. The lowest BCUT2D eigenvalue weighted by molar-refractivity contribution is -0.0257. The molecule has 0 aromatic carbocycles. The summed E-state index contributed by atoms with van der Waals surface area (Å²) in [6.07, 6.45) is 5.70. The molecule has 0 spiro atoms. The van der Waals surface area contributed by atoms with Crippen molar-refractivity contribution >= 4 is 0 Å². The number of hydrogen-bond donors (Lipinski definition) is 1. The smallest absolute Gasteiger partial charge is 0.0736 e. The van der Waals surface area contributed by atoms with Gasteiger partial charge in [-0.2, -0.15) is 0 Å². The summed E-state index contributed by atoms with van der Waals surface area (Å²) in [7, 11) is 0. The Morgan fingerprint density at radius 1 is 1.26 bits per heavy atom. The van der Waals surface area contributed by atoms with E-state index in [9.17, 15) is 5.11 Å². The molecule has 0 saturated heterocycles. The second kappa shape index (κ2) is 5.62. The van der Waals surface area contributed by atoms with Gasteiger partial charge in [0.25, 0.3) is 0 Å². The molecular weight excluding hydrogens is 234 g/mol. The number of aliphatic hydroxyl groups is 1. The number of aromatic nitrogens is 1. The van der Waals surface area contributed by atoms with Crippen LogP contribution in [0.25, 0.3) is 0 Å². The SMILES string of the molecule is CC(C)CC(O)(CC(C)C)C1CCc2cccnc21. The first-order valence-electron chi connectivity index (χ1n) is 7.58. The largest absolute Gasteiger partial charge is 0.389 e. The lowest BCUT2D eigenvalue weighted by Gasteiger charge is -2.37. The van der Waals surface area contributed by atoms with E-state index in [2.05, 4.69) is 38.7 Å². The molecule has 1 unspecified atom stereocenters. The zero-order chi connectivity index (χ0) is 14.0. The van der Waals surface area contributed by atoms with Crippen LogP contribution in [0.1, 0.15) is 64.1 Å². The van der Waals surface area contributed by atoms with Gasteiger partial charge in [-0.1, -0.05) is 33.8 Å². The minimum atomic E-state index is -0.595. The summed E-state index contributed by atoms with van der Waals surface area (Å²) >= 11 is 0. The first-order chi connectivity index (χ1) is 8.92. The molecule has 1 N–H and O–H groups in total. The number of fused-ring (bicyclic) bond motifs is 1. The molecule has 1 heterocycles. The Morgan fingerprint density at radius 2 is 1.89 bits per heavy atom. The Labute approximate surface area is 117 Å². The highest BCUT2D eigenvalue weighted by Crippen LogP contribution is 2.44. The third kappa shape index (κ3) is 3.17. The van der Waals surface area contributed by atoms with Gasteiger partial charge in [0.15, 0.2) is 0 Å². The molecule has 2 nitrogen and oxygen atoms in total. The molecule has 0 amide bonds. The number of nitrogens with zero attached hydrogens (tertiary/aromatic N) is 1. The van der Waals surface area contributed by atoms with Gasteiger partial charge in [0.1, 0.15) is 0 Å².